The minimum Gasteiger partial charge on any atom is -0.493 e. The smallest absolute Gasteiger partial charge is 0.329 e. The summed E-state index contributed by atoms with van der Waals surface area (Å²) in [7, 11) is 1.48. The van der Waals surface area contributed by atoms with Gasteiger partial charge in [-0.2, -0.15) is 5.10 Å². The van der Waals surface area contributed by atoms with Crippen molar-refractivity contribution in [2.45, 2.75) is 13.8 Å². The number of nitrogens with zero attached hydrogens (tertiary/aromatic N) is 1. The molecule has 0 aliphatic heterocycles. The molecule has 0 fully saturated rings. The van der Waals surface area contributed by atoms with Crippen LogP contribution in [0.25, 0.3) is 0 Å². The van der Waals surface area contributed by atoms with Crippen molar-refractivity contribution in [3.05, 3.63) is 80.9 Å². The van der Waals surface area contributed by atoms with Crippen molar-refractivity contribution in [3.63, 3.8) is 0 Å². The fourth-order valence-corrected chi connectivity index (χ4v) is 3.99. The number of halogens is 1. The molecule has 0 saturated carbocycles. The normalized spacial score (nSPS) is 10.6. The van der Waals surface area contributed by atoms with Gasteiger partial charge < -0.3 is 20.1 Å². The Bertz CT molecular complexity index is 1270. The zero-order chi connectivity index (χ0) is 26.1. The van der Waals surface area contributed by atoms with Gasteiger partial charge in [0.2, 0.25) is 0 Å². The number of ether oxygens (including phenoxy) is 2. The third-order valence-corrected chi connectivity index (χ3v) is 5.76. The van der Waals surface area contributed by atoms with Crippen molar-refractivity contribution in [2.24, 2.45) is 5.10 Å². The van der Waals surface area contributed by atoms with Crippen LogP contribution >= 0.6 is 22.6 Å². The minimum absolute atomic E-state index is 0.208. The Balaban J connectivity index is 1.60. The fourth-order valence-electron chi connectivity index (χ4n) is 3.21. The molecule has 0 radical (unpaired) electrons. The number of methoxy groups -OCH3 is 1. The first-order valence-corrected chi connectivity index (χ1v) is 11.9. The number of rotatable bonds is 8. The Kier molecular flexibility index (Phi) is 9.39. The lowest BCUT2D eigenvalue weighted by atomic mass is 10.1. The van der Waals surface area contributed by atoms with E-state index in [0.717, 1.165) is 11.1 Å². The van der Waals surface area contributed by atoms with E-state index in [0.29, 0.717) is 32.0 Å². The molecule has 3 aromatic rings. The van der Waals surface area contributed by atoms with Gasteiger partial charge in [-0.05, 0) is 77.4 Å². The molecule has 0 saturated heterocycles. The standard InChI is InChI=1S/C26H25IN4O5/c1-16-8-7-9-17(2)23(16)30-25(33)26(34)31-28-14-18-12-20(27)24(21(13-18)35-3)36-15-22(32)29-19-10-5-4-6-11-19/h4-14H,15H2,1-3H3,(H,29,32)(H,30,33)(H,31,34)/b28-14-. The number of hydrogen-bond donors (Lipinski definition) is 3. The summed E-state index contributed by atoms with van der Waals surface area (Å²) in [6.07, 6.45) is 1.38. The lowest BCUT2D eigenvalue weighted by Crippen LogP contribution is -2.32. The highest BCUT2D eigenvalue weighted by Crippen LogP contribution is 2.33. The van der Waals surface area contributed by atoms with Gasteiger partial charge in [-0.15, -0.1) is 0 Å². The van der Waals surface area contributed by atoms with Crippen molar-refractivity contribution in [1.82, 2.24) is 5.43 Å². The van der Waals surface area contributed by atoms with Gasteiger partial charge in [-0.25, -0.2) is 5.43 Å². The summed E-state index contributed by atoms with van der Waals surface area (Å²) in [5, 5.41) is 9.22. The van der Waals surface area contributed by atoms with Crippen LogP contribution in [-0.4, -0.2) is 37.7 Å². The summed E-state index contributed by atoms with van der Waals surface area (Å²) in [4.78, 5) is 36.6. The van der Waals surface area contributed by atoms with E-state index in [1.165, 1.54) is 13.3 Å². The Labute approximate surface area is 222 Å². The Morgan fingerprint density at radius 1 is 0.944 bits per heavy atom. The number of aryl methyl sites for hydroxylation is 2. The van der Waals surface area contributed by atoms with Gasteiger partial charge in [0.1, 0.15) is 0 Å². The summed E-state index contributed by atoms with van der Waals surface area (Å²) in [5.41, 5.74) is 5.77. The van der Waals surface area contributed by atoms with Crippen molar-refractivity contribution >= 4 is 57.9 Å². The number of nitrogens with one attached hydrogen (secondary N) is 3. The molecule has 3 N–H and O–H groups in total. The molecule has 0 atom stereocenters. The van der Waals surface area contributed by atoms with E-state index in [2.05, 4.69) is 21.2 Å². The van der Waals surface area contributed by atoms with Crippen molar-refractivity contribution in [1.29, 1.82) is 0 Å². The average Bonchev–Trinajstić information content (AvgIpc) is 2.85. The average molecular weight is 600 g/mol. The van der Waals surface area contributed by atoms with Gasteiger partial charge in [-0.3, -0.25) is 14.4 Å². The quantitative estimate of drug-likeness (QED) is 0.156. The number of hydrogen-bond acceptors (Lipinski definition) is 6. The van der Waals surface area contributed by atoms with Crippen LogP contribution in [0, 0.1) is 17.4 Å². The number of hydrazone groups is 1. The molecule has 36 heavy (non-hydrogen) atoms. The highest BCUT2D eigenvalue weighted by Gasteiger charge is 2.16. The number of amides is 3. The topological polar surface area (TPSA) is 118 Å². The van der Waals surface area contributed by atoms with E-state index in [9.17, 15) is 14.4 Å². The maximum atomic E-state index is 12.2. The Morgan fingerprint density at radius 2 is 1.64 bits per heavy atom. The number of carbonyl (C=O) groups excluding carboxylic acids is 3. The summed E-state index contributed by atoms with van der Waals surface area (Å²) in [6.45, 7) is 3.48. The first-order valence-electron chi connectivity index (χ1n) is 10.8. The number of anilines is 2. The Morgan fingerprint density at radius 3 is 2.31 bits per heavy atom. The van der Waals surface area contributed by atoms with Gasteiger partial charge in [-0.1, -0.05) is 36.4 Å². The second-order valence-electron chi connectivity index (χ2n) is 7.66. The SMILES string of the molecule is COc1cc(/C=N\NC(=O)C(=O)Nc2c(C)cccc2C)cc(I)c1OCC(=O)Nc1ccccc1. The van der Waals surface area contributed by atoms with E-state index in [1.807, 2.05) is 72.8 Å². The second-order valence-corrected chi connectivity index (χ2v) is 8.82. The molecule has 0 aliphatic carbocycles. The van der Waals surface area contributed by atoms with Crippen molar-refractivity contribution < 1.29 is 23.9 Å². The predicted octanol–water partition coefficient (Wildman–Crippen LogP) is 4.02. The maximum absolute atomic E-state index is 12.2. The van der Waals surface area contributed by atoms with Crippen LogP contribution in [0.4, 0.5) is 11.4 Å². The zero-order valence-electron chi connectivity index (χ0n) is 19.9. The minimum atomic E-state index is -0.903. The lowest BCUT2D eigenvalue weighted by molar-refractivity contribution is -0.136. The molecule has 186 valence electrons. The molecule has 0 aromatic heterocycles. The predicted molar refractivity (Wildman–Crippen MR) is 147 cm³/mol. The summed E-state index contributed by atoms with van der Waals surface area (Å²) < 4.78 is 11.7. The third-order valence-electron chi connectivity index (χ3n) is 4.96. The van der Waals surface area contributed by atoms with Crippen molar-refractivity contribution in [2.75, 3.05) is 24.4 Å². The highest BCUT2D eigenvalue weighted by atomic mass is 127. The second kappa shape index (κ2) is 12.7. The van der Waals surface area contributed by atoms with Crippen LogP contribution in [-0.2, 0) is 14.4 Å². The first kappa shape index (κ1) is 26.7. The third kappa shape index (κ3) is 7.28. The summed E-state index contributed by atoms with van der Waals surface area (Å²) in [5.74, 6) is -1.26. The number of carbonyl (C=O) groups is 3. The van der Waals surface area contributed by atoms with E-state index in [4.69, 9.17) is 9.47 Å². The van der Waals surface area contributed by atoms with E-state index in [1.54, 1.807) is 24.3 Å². The summed E-state index contributed by atoms with van der Waals surface area (Å²) in [6, 6.07) is 18.0. The van der Waals surface area contributed by atoms with E-state index < -0.39 is 11.8 Å². The molecule has 0 spiro atoms. The number of benzene rings is 3. The van der Waals surface area contributed by atoms with Crippen LogP contribution in [0.15, 0.2) is 65.8 Å². The molecule has 3 amide bonds. The van der Waals surface area contributed by atoms with Gasteiger partial charge in [0.25, 0.3) is 5.91 Å². The number of para-hydroxylation sites is 2. The highest BCUT2D eigenvalue weighted by molar-refractivity contribution is 14.1. The monoisotopic (exact) mass is 600 g/mol. The van der Waals surface area contributed by atoms with Gasteiger partial charge in [0.15, 0.2) is 18.1 Å². The van der Waals surface area contributed by atoms with E-state index in [-0.39, 0.29) is 12.5 Å². The molecule has 9 nitrogen and oxygen atoms in total. The van der Waals surface area contributed by atoms with Gasteiger partial charge in [0.05, 0.1) is 16.9 Å². The molecule has 10 heteroatoms. The molecule has 3 rings (SSSR count). The molecule has 3 aromatic carbocycles. The Hall–Kier alpha value is -3.93. The van der Waals surface area contributed by atoms with Crippen LogP contribution in [0.1, 0.15) is 16.7 Å². The van der Waals surface area contributed by atoms with Crippen molar-refractivity contribution in [3.8, 4) is 11.5 Å². The largest absolute Gasteiger partial charge is 0.493 e. The first-order chi connectivity index (χ1) is 17.3. The molecule has 0 unspecified atom stereocenters. The molecule has 0 bridgehead atoms. The van der Waals surface area contributed by atoms with Gasteiger partial charge in [0, 0.05) is 11.4 Å². The zero-order valence-corrected chi connectivity index (χ0v) is 22.1. The van der Waals surface area contributed by atoms with Crippen LogP contribution in [0.5, 0.6) is 11.5 Å². The summed E-state index contributed by atoms with van der Waals surface area (Å²) >= 11 is 2.05. The van der Waals surface area contributed by atoms with Crippen LogP contribution in [0.2, 0.25) is 0 Å². The van der Waals surface area contributed by atoms with Crippen LogP contribution < -0.4 is 25.5 Å². The molecular weight excluding hydrogens is 575 g/mol. The van der Waals surface area contributed by atoms with E-state index >= 15 is 0 Å². The molecule has 0 heterocycles. The van der Waals surface area contributed by atoms with Gasteiger partial charge >= 0.3 is 11.8 Å². The fraction of sp³-hybridized carbons (Fsp3) is 0.154. The maximum Gasteiger partial charge on any atom is 0.329 e. The lowest BCUT2D eigenvalue weighted by Gasteiger charge is -2.13. The molecular formula is C26H25IN4O5. The molecule has 0 aliphatic rings. The van der Waals surface area contributed by atoms with Crippen LogP contribution in [0.3, 0.4) is 0 Å².